The van der Waals surface area contributed by atoms with Crippen molar-refractivity contribution in [1.29, 1.82) is 0 Å². The van der Waals surface area contributed by atoms with Crippen molar-refractivity contribution in [3.8, 4) is 0 Å². The van der Waals surface area contributed by atoms with Crippen molar-refractivity contribution in [2.45, 2.75) is 11.3 Å². The maximum Gasteiger partial charge on any atom is 0.257 e. The molecule has 0 bridgehead atoms. The monoisotopic (exact) mass is 369 g/mol. The smallest absolute Gasteiger partial charge is 0.257 e. The molecule has 0 aliphatic carbocycles. The Kier molecular flexibility index (Phi) is 5.57. The van der Waals surface area contributed by atoms with Gasteiger partial charge in [0.15, 0.2) is 10.1 Å². The van der Waals surface area contributed by atoms with Crippen LogP contribution in [0, 0.1) is 0 Å². The normalized spacial score (nSPS) is 10.4. The number of anilines is 1. The fourth-order valence-corrected chi connectivity index (χ4v) is 3.78. The second-order valence-corrected chi connectivity index (χ2v) is 7.52. The Morgan fingerprint density at radius 1 is 0.960 bits per heavy atom. The molecule has 2 aromatic carbocycles. The summed E-state index contributed by atoms with van der Waals surface area (Å²) in [5.74, 6) is 0.556. The van der Waals surface area contributed by atoms with Crippen LogP contribution in [-0.4, -0.2) is 27.6 Å². The zero-order valence-electron chi connectivity index (χ0n) is 13.4. The average molecular weight is 369 g/mol. The van der Waals surface area contributed by atoms with Crippen molar-refractivity contribution in [3.05, 3.63) is 71.3 Å². The Morgan fingerprint density at radius 2 is 1.60 bits per heavy atom. The summed E-state index contributed by atoms with van der Waals surface area (Å²) in [5.41, 5.74) is 1.62. The average Bonchev–Trinajstić information content (AvgIpc) is 3.09. The van der Waals surface area contributed by atoms with Crippen LogP contribution in [0.4, 0.5) is 5.13 Å². The van der Waals surface area contributed by atoms with E-state index in [0.717, 1.165) is 10.1 Å². The number of benzene rings is 2. The third kappa shape index (κ3) is 4.32. The maximum atomic E-state index is 12.4. The molecule has 0 aliphatic heterocycles. The lowest BCUT2D eigenvalue weighted by molar-refractivity contribution is 0.102. The van der Waals surface area contributed by atoms with E-state index >= 15 is 0 Å². The van der Waals surface area contributed by atoms with Crippen LogP contribution in [0.3, 0.4) is 0 Å². The third-order valence-corrected chi connectivity index (χ3v) is 5.19. The lowest BCUT2D eigenvalue weighted by Gasteiger charge is -2.04. The first-order valence-corrected chi connectivity index (χ1v) is 9.45. The van der Waals surface area contributed by atoms with Gasteiger partial charge in [-0.15, -0.1) is 10.2 Å². The lowest BCUT2D eigenvalue weighted by Crippen LogP contribution is -2.12. The zero-order valence-corrected chi connectivity index (χ0v) is 15.1. The van der Waals surface area contributed by atoms with Crippen molar-refractivity contribution >= 4 is 39.9 Å². The third-order valence-electron chi connectivity index (χ3n) is 3.34. The molecule has 7 heteroatoms. The Bertz CT molecular complexity index is 877. The van der Waals surface area contributed by atoms with Crippen molar-refractivity contribution in [2.75, 3.05) is 11.1 Å². The van der Waals surface area contributed by atoms with Gasteiger partial charge in [0.1, 0.15) is 0 Å². The number of aromatic nitrogens is 2. The molecule has 25 heavy (non-hydrogen) atoms. The van der Waals surface area contributed by atoms with Gasteiger partial charge in [-0.2, -0.15) is 0 Å². The number of thioether (sulfide) groups is 1. The van der Waals surface area contributed by atoms with Crippen LogP contribution in [0.25, 0.3) is 0 Å². The molecule has 0 saturated heterocycles. The van der Waals surface area contributed by atoms with Gasteiger partial charge < -0.3 is 0 Å². The largest absolute Gasteiger partial charge is 0.296 e. The van der Waals surface area contributed by atoms with E-state index in [-0.39, 0.29) is 11.7 Å². The molecule has 0 aliphatic rings. The predicted molar refractivity (Wildman–Crippen MR) is 101 cm³/mol. The fourth-order valence-electron chi connectivity index (χ4n) is 2.14. The maximum absolute atomic E-state index is 12.4. The molecule has 0 spiro atoms. The molecule has 0 atom stereocenters. The van der Waals surface area contributed by atoms with E-state index in [0.29, 0.717) is 21.8 Å². The number of nitrogens with one attached hydrogen (secondary N) is 1. The number of ketones is 1. The van der Waals surface area contributed by atoms with Gasteiger partial charge in [0.2, 0.25) is 5.13 Å². The van der Waals surface area contributed by atoms with Gasteiger partial charge in [-0.1, -0.05) is 72.5 Å². The molecule has 1 aromatic heterocycles. The Morgan fingerprint density at radius 3 is 2.28 bits per heavy atom. The molecule has 1 heterocycles. The Labute approximate surface area is 153 Å². The van der Waals surface area contributed by atoms with Gasteiger partial charge >= 0.3 is 0 Å². The quantitative estimate of drug-likeness (QED) is 0.402. The summed E-state index contributed by atoms with van der Waals surface area (Å²) >= 11 is 2.92. The van der Waals surface area contributed by atoms with Crippen LogP contribution in [0.2, 0.25) is 0 Å². The van der Waals surface area contributed by atoms with Crippen molar-refractivity contribution in [3.63, 3.8) is 0 Å². The van der Waals surface area contributed by atoms with E-state index in [4.69, 9.17) is 0 Å². The van der Waals surface area contributed by atoms with Crippen molar-refractivity contribution in [2.24, 2.45) is 0 Å². The van der Waals surface area contributed by atoms with E-state index in [1.165, 1.54) is 11.3 Å². The van der Waals surface area contributed by atoms with E-state index in [2.05, 4.69) is 15.5 Å². The molecule has 1 amide bonds. The van der Waals surface area contributed by atoms with Crippen LogP contribution < -0.4 is 5.32 Å². The van der Waals surface area contributed by atoms with Crippen molar-refractivity contribution in [1.82, 2.24) is 10.2 Å². The van der Waals surface area contributed by atoms with Gasteiger partial charge in [0.05, 0.1) is 0 Å². The minimum Gasteiger partial charge on any atom is -0.296 e. The molecule has 0 fully saturated rings. The number of hydrogen-bond donors (Lipinski definition) is 1. The predicted octanol–water partition coefficient (Wildman–Crippen LogP) is 4.13. The first-order chi connectivity index (χ1) is 12.2. The number of nitrogens with zero attached hydrogens (tertiary/aromatic N) is 2. The summed E-state index contributed by atoms with van der Waals surface area (Å²) in [5, 5.41) is 11.1. The molecule has 1 N–H and O–H groups in total. The van der Waals surface area contributed by atoms with Crippen LogP contribution in [0.5, 0.6) is 0 Å². The second-order valence-electron chi connectivity index (χ2n) is 5.03. The Hall–Kier alpha value is -2.51. The minimum absolute atomic E-state index is 0.0714. The summed E-state index contributed by atoms with van der Waals surface area (Å²) in [6.45, 7) is 2.03. The summed E-state index contributed by atoms with van der Waals surface area (Å²) in [6.07, 6.45) is 0. The van der Waals surface area contributed by atoms with E-state index in [1.807, 2.05) is 25.1 Å². The highest BCUT2D eigenvalue weighted by atomic mass is 32.2. The molecular formula is C18H15N3O2S2. The summed E-state index contributed by atoms with van der Waals surface area (Å²) < 4.78 is 0.821. The number of carbonyl (C=O) groups excluding carboxylic acids is 2. The molecule has 0 saturated carbocycles. The molecule has 3 aromatic rings. The van der Waals surface area contributed by atoms with Crippen LogP contribution in [0.1, 0.15) is 33.2 Å². The first kappa shape index (κ1) is 17.3. The van der Waals surface area contributed by atoms with E-state index in [9.17, 15) is 9.59 Å². The summed E-state index contributed by atoms with van der Waals surface area (Å²) in [6, 6.07) is 15.6. The van der Waals surface area contributed by atoms with Crippen LogP contribution in [-0.2, 0) is 0 Å². The molecule has 3 rings (SSSR count). The SMILES string of the molecule is CCSc1nnc(NC(=O)c2ccc(C(=O)c3ccccc3)cc2)s1. The number of amides is 1. The highest BCUT2D eigenvalue weighted by Gasteiger charge is 2.12. The second kappa shape index (κ2) is 8.04. The number of hydrogen-bond acceptors (Lipinski definition) is 6. The molecule has 0 unspecified atom stereocenters. The summed E-state index contributed by atoms with van der Waals surface area (Å²) in [7, 11) is 0. The molecule has 126 valence electrons. The molecule has 0 radical (unpaired) electrons. The van der Waals surface area contributed by atoms with E-state index in [1.54, 1.807) is 48.2 Å². The molecular weight excluding hydrogens is 354 g/mol. The van der Waals surface area contributed by atoms with Gasteiger partial charge in [-0.25, -0.2) is 0 Å². The number of carbonyl (C=O) groups is 2. The standard InChI is InChI=1S/C18H15N3O2S2/c1-2-24-18-21-20-17(25-18)19-16(23)14-10-8-13(9-11-14)15(22)12-6-4-3-5-7-12/h3-11H,2H2,1H3,(H,19,20,23). The van der Waals surface area contributed by atoms with Gasteiger partial charge in [0, 0.05) is 16.7 Å². The summed E-state index contributed by atoms with van der Waals surface area (Å²) in [4.78, 5) is 24.6. The fraction of sp³-hybridized carbons (Fsp3) is 0.111. The van der Waals surface area contributed by atoms with Gasteiger partial charge in [-0.3, -0.25) is 14.9 Å². The first-order valence-electron chi connectivity index (χ1n) is 7.65. The van der Waals surface area contributed by atoms with E-state index < -0.39 is 0 Å². The number of rotatable bonds is 6. The topological polar surface area (TPSA) is 72.0 Å². The zero-order chi connectivity index (χ0) is 17.6. The highest BCUT2D eigenvalue weighted by Crippen LogP contribution is 2.25. The van der Waals surface area contributed by atoms with Crippen molar-refractivity contribution < 1.29 is 9.59 Å². The van der Waals surface area contributed by atoms with Gasteiger partial charge in [-0.05, 0) is 17.9 Å². The minimum atomic E-state index is -0.275. The van der Waals surface area contributed by atoms with Crippen LogP contribution >= 0.6 is 23.1 Å². The molecule has 5 nitrogen and oxygen atoms in total. The highest BCUT2D eigenvalue weighted by molar-refractivity contribution is 8.01. The lowest BCUT2D eigenvalue weighted by atomic mass is 10.0. The Balaban J connectivity index is 1.69. The van der Waals surface area contributed by atoms with Gasteiger partial charge in [0.25, 0.3) is 5.91 Å². The van der Waals surface area contributed by atoms with Crippen LogP contribution in [0.15, 0.2) is 58.9 Å².